The van der Waals surface area contributed by atoms with E-state index in [1.54, 1.807) is 38.5 Å². The zero-order chi connectivity index (χ0) is 15.7. The summed E-state index contributed by atoms with van der Waals surface area (Å²) >= 11 is 0. The van der Waals surface area contributed by atoms with Crippen LogP contribution < -0.4 is 4.90 Å². The van der Waals surface area contributed by atoms with Crippen LogP contribution in [-0.4, -0.2) is 34.4 Å². The molecule has 22 heavy (non-hydrogen) atoms. The van der Waals surface area contributed by atoms with E-state index in [0.717, 1.165) is 5.56 Å². The Balaban J connectivity index is 1.96. The van der Waals surface area contributed by atoms with Crippen molar-refractivity contribution in [1.82, 2.24) is 9.88 Å². The predicted molar refractivity (Wildman–Crippen MR) is 83.4 cm³/mol. The van der Waals surface area contributed by atoms with E-state index >= 15 is 0 Å². The lowest BCUT2D eigenvalue weighted by Gasteiger charge is -2.28. The van der Waals surface area contributed by atoms with Crippen molar-refractivity contribution >= 4 is 17.6 Å². The van der Waals surface area contributed by atoms with Crippen molar-refractivity contribution in [2.45, 2.75) is 18.9 Å². The van der Waals surface area contributed by atoms with E-state index in [4.69, 9.17) is 0 Å². The molecule has 0 saturated carbocycles. The highest BCUT2D eigenvalue weighted by atomic mass is 16.2. The van der Waals surface area contributed by atoms with Crippen LogP contribution in [0.5, 0.6) is 0 Å². The quantitative estimate of drug-likeness (QED) is 0.817. The maximum atomic E-state index is 12.9. The van der Waals surface area contributed by atoms with Crippen molar-refractivity contribution in [2.75, 3.05) is 11.9 Å². The average Bonchev–Trinajstić information content (AvgIpc) is 2.70. The molecule has 0 aliphatic carbocycles. The molecule has 5 nitrogen and oxygen atoms in total. The lowest BCUT2D eigenvalue weighted by atomic mass is 9.92. The topological polar surface area (TPSA) is 53.5 Å². The van der Waals surface area contributed by atoms with Gasteiger partial charge in [-0.1, -0.05) is 18.2 Å². The van der Waals surface area contributed by atoms with Gasteiger partial charge in [0.2, 0.25) is 0 Å². The third kappa shape index (κ3) is 2.15. The Morgan fingerprint density at radius 3 is 2.32 bits per heavy atom. The molecule has 0 radical (unpaired) electrons. The van der Waals surface area contributed by atoms with Crippen LogP contribution in [0.1, 0.15) is 12.5 Å². The van der Waals surface area contributed by atoms with E-state index in [2.05, 4.69) is 4.98 Å². The molecule has 3 rings (SSSR count). The Labute approximate surface area is 129 Å². The van der Waals surface area contributed by atoms with Gasteiger partial charge >= 0.3 is 6.03 Å². The number of carbonyl (C=O) groups is 2. The molecule has 1 unspecified atom stereocenters. The molecular weight excluding hydrogens is 278 g/mol. The van der Waals surface area contributed by atoms with Gasteiger partial charge in [-0.2, -0.15) is 0 Å². The second-order valence-electron chi connectivity index (χ2n) is 5.62. The smallest absolute Gasteiger partial charge is 0.312 e. The number of urea groups is 1. The van der Waals surface area contributed by atoms with Gasteiger partial charge in [0.25, 0.3) is 5.91 Å². The number of rotatable bonds is 3. The van der Waals surface area contributed by atoms with E-state index < -0.39 is 5.54 Å². The van der Waals surface area contributed by atoms with E-state index in [1.165, 1.54) is 9.80 Å². The number of anilines is 1. The van der Waals surface area contributed by atoms with E-state index in [1.807, 2.05) is 30.3 Å². The van der Waals surface area contributed by atoms with Gasteiger partial charge in [0.05, 0.1) is 5.69 Å². The molecule has 0 bridgehead atoms. The van der Waals surface area contributed by atoms with Crippen molar-refractivity contribution in [1.29, 1.82) is 0 Å². The van der Waals surface area contributed by atoms with E-state index in [9.17, 15) is 9.59 Å². The fourth-order valence-corrected chi connectivity index (χ4v) is 2.73. The van der Waals surface area contributed by atoms with Crippen molar-refractivity contribution in [3.05, 3.63) is 60.4 Å². The van der Waals surface area contributed by atoms with Crippen LogP contribution in [0.2, 0.25) is 0 Å². The van der Waals surface area contributed by atoms with Crippen LogP contribution in [-0.2, 0) is 11.2 Å². The number of benzene rings is 1. The Hall–Kier alpha value is -2.69. The van der Waals surface area contributed by atoms with Gasteiger partial charge < -0.3 is 4.90 Å². The van der Waals surface area contributed by atoms with Gasteiger partial charge in [-0.05, 0) is 36.8 Å². The molecule has 1 aliphatic heterocycles. The van der Waals surface area contributed by atoms with Gasteiger partial charge in [-0.15, -0.1) is 0 Å². The van der Waals surface area contributed by atoms with Crippen molar-refractivity contribution in [2.24, 2.45) is 0 Å². The molecule has 1 aromatic carbocycles. The molecule has 112 valence electrons. The first-order chi connectivity index (χ1) is 10.5. The van der Waals surface area contributed by atoms with Crippen molar-refractivity contribution in [3.8, 4) is 0 Å². The maximum Gasteiger partial charge on any atom is 0.332 e. The summed E-state index contributed by atoms with van der Waals surface area (Å²) in [4.78, 5) is 32.2. The molecule has 5 heteroatoms. The Morgan fingerprint density at radius 1 is 1.05 bits per heavy atom. The minimum Gasteiger partial charge on any atom is -0.312 e. The summed E-state index contributed by atoms with van der Waals surface area (Å²) < 4.78 is 0. The lowest BCUT2D eigenvalue weighted by Crippen LogP contribution is -2.47. The number of aromatic nitrogens is 1. The maximum absolute atomic E-state index is 12.9. The molecular formula is C17H17N3O2. The fourth-order valence-electron chi connectivity index (χ4n) is 2.73. The third-order valence-electron chi connectivity index (χ3n) is 4.19. The van der Waals surface area contributed by atoms with Crippen LogP contribution in [0.4, 0.5) is 10.5 Å². The Kier molecular flexibility index (Phi) is 3.41. The number of pyridine rings is 1. The zero-order valence-electron chi connectivity index (χ0n) is 12.6. The number of amides is 3. The summed E-state index contributed by atoms with van der Waals surface area (Å²) in [5.74, 6) is -0.206. The standard InChI is InChI=1S/C17H17N3O2/c1-17(12-13-8-10-18-11-9-13)15(21)20(16(22)19(17)2)14-6-4-3-5-7-14/h3-11H,12H2,1-2H3. The molecule has 1 saturated heterocycles. The van der Waals surface area contributed by atoms with Crippen molar-refractivity contribution < 1.29 is 9.59 Å². The molecule has 1 fully saturated rings. The average molecular weight is 295 g/mol. The summed E-state index contributed by atoms with van der Waals surface area (Å²) in [5.41, 5.74) is 0.678. The van der Waals surface area contributed by atoms with Crippen LogP contribution in [0, 0.1) is 0 Å². The first-order valence-corrected chi connectivity index (χ1v) is 7.10. The highest BCUT2D eigenvalue weighted by Crippen LogP contribution is 2.33. The molecule has 1 atom stereocenters. The highest BCUT2D eigenvalue weighted by Gasteiger charge is 2.52. The zero-order valence-corrected chi connectivity index (χ0v) is 12.6. The summed E-state index contributed by atoms with van der Waals surface area (Å²) in [5, 5.41) is 0. The molecule has 0 N–H and O–H groups in total. The highest BCUT2D eigenvalue weighted by molar-refractivity contribution is 6.23. The monoisotopic (exact) mass is 295 g/mol. The molecule has 1 aromatic heterocycles. The summed E-state index contributed by atoms with van der Waals surface area (Å²) in [6.07, 6.45) is 3.84. The number of hydrogen-bond acceptors (Lipinski definition) is 3. The Morgan fingerprint density at radius 2 is 1.68 bits per heavy atom. The second kappa shape index (κ2) is 5.26. The number of hydrogen-bond donors (Lipinski definition) is 0. The van der Waals surface area contributed by atoms with Gasteiger partial charge in [0, 0.05) is 25.9 Å². The van der Waals surface area contributed by atoms with E-state index in [-0.39, 0.29) is 11.9 Å². The largest absolute Gasteiger partial charge is 0.332 e. The second-order valence-corrected chi connectivity index (χ2v) is 5.62. The minimum atomic E-state index is -0.895. The fraction of sp³-hybridized carbons (Fsp3) is 0.235. The molecule has 0 spiro atoms. The third-order valence-corrected chi connectivity index (χ3v) is 4.19. The van der Waals surface area contributed by atoms with E-state index in [0.29, 0.717) is 12.1 Å². The molecule has 2 heterocycles. The van der Waals surface area contributed by atoms with Crippen molar-refractivity contribution in [3.63, 3.8) is 0 Å². The summed E-state index contributed by atoms with van der Waals surface area (Å²) in [6.45, 7) is 1.80. The molecule has 2 aromatic rings. The minimum absolute atomic E-state index is 0.206. The number of likely N-dealkylation sites (N-methyl/N-ethyl adjacent to an activating group) is 1. The number of imide groups is 1. The number of nitrogens with zero attached hydrogens (tertiary/aromatic N) is 3. The van der Waals surface area contributed by atoms with Crippen LogP contribution in [0.15, 0.2) is 54.9 Å². The van der Waals surface area contributed by atoms with Crippen LogP contribution in [0.3, 0.4) is 0 Å². The Bertz CT molecular complexity index is 702. The normalized spacial score (nSPS) is 21.5. The summed E-state index contributed by atoms with van der Waals surface area (Å²) in [6, 6.07) is 12.4. The number of para-hydroxylation sites is 1. The van der Waals surface area contributed by atoms with Gasteiger partial charge in [0.15, 0.2) is 0 Å². The number of carbonyl (C=O) groups excluding carboxylic acids is 2. The molecule has 1 aliphatic rings. The first kappa shape index (κ1) is 14.3. The van der Waals surface area contributed by atoms with Gasteiger partial charge in [-0.25, -0.2) is 9.69 Å². The predicted octanol–water partition coefficient (Wildman–Crippen LogP) is 2.48. The lowest BCUT2D eigenvalue weighted by molar-refractivity contribution is -0.123. The first-order valence-electron chi connectivity index (χ1n) is 7.10. The van der Waals surface area contributed by atoms with Crippen LogP contribution in [0.25, 0.3) is 0 Å². The van der Waals surface area contributed by atoms with Crippen LogP contribution >= 0.6 is 0 Å². The van der Waals surface area contributed by atoms with Gasteiger partial charge in [-0.3, -0.25) is 9.78 Å². The SMILES string of the molecule is CN1C(=O)N(c2ccccc2)C(=O)C1(C)Cc1ccncc1. The molecule has 3 amide bonds. The summed E-state index contributed by atoms with van der Waals surface area (Å²) in [7, 11) is 1.67. The van der Waals surface area contributed by atoms with Gasteiger partial charge in [0.1, 0.15) is 5.54 Å².